The molecule has 24 heavy (non-hydrogen) atoms. The molecule has 4 nitrogen and oxygen atoms in total. The number of fused-ring (bicyclic) bond motifs is 1. The van der Waals surface area contributed by atoms with E-state index in [0.717, 1.165) is 27.8 Å². The van der Waals surface area contributed by atoms with E-state index in [1.54, 1.807) is 12.5 Å². The molecular weight excluding hydrogens is 316 g/mol. The maximum atomic E-state index is 4.53. The molecule has 0 N–H and O–H groups in total. The quantitative estimate of drug-likeness (QED) is 0.339. The van der Waals surface area contributed by atoms with Crippen LogP contribution < -0.4 is 0 Å². The van der Waals surface area contributed by atoms with Gasteiger partial charge in [-0.25, -0.2) is 0 Å². The van der Waals surface area contributed by atoms with E-state index in [0.29, 0.717) is 5.17 Å². The number of aliphatic imine (C=N–C) groups is 1. The molecule has 2 aromatic carbocycles. The van der Waals surface area contributed by atoms with Crippen LogP contribution in [-0.4, -0.2) is 16.8 Å². The molecule has 0 amide bonds. The van der Waals surface area contributed by atoms with Crippen LogP contribution in [0.25, 0.3) is 22.2 Å². The highest BCUT2D eigenvalue weighted by Gasteiger charge is 2.16. The van der Waals surface area contributed by atoms with Crippen LogP contribution in [0.4, 0.5) is 5.69 Å². The summed E-state index contributed by atoms with van der Waals surface area (Å²) >= 11 is 1.36. The first-order valence-electron chi connectivity index (χ1n) is 7.55. The van der Waals surface area contributed by atoms with E-state index in [2.05, 4.69) is 57.7 Å². The predicted molar refractivity (Wildman–Crippen MR) is 104 cm³/mol. The number of benzene rings is 2. The lowest BCUT2D eigenvalue weighted by Crippen LogP contribution is -1.91. The van der Waals surface area contributed by atoms with Crippen LogP contribution in [0.15, 0.2) is 81.8 Å². The Morgan fingerprint density at radius 1 is 1.08 bits per heavy atom. The van der Waals surface area contributed by atoms with Gasteiger partial charge < -0.3 is 4.57 Å². The molecule has 3 rings (SSSR count). The van der Waals surface area contributed by atoms with Crippen molar-refractivity contribution in [2.45, 2.75) is 0 Å². The molecule has 5 heteroatoms. The van der Waals surface area contributed by atoms with Crippen molar-refractivity contribution in [1.29, 1.82) is 0 Å². The van der Waals surface area contributed by atoms with Crippen LogP contribution in [0.3, 0.4) is 0 Å². The molecule has 0 atom stereocenters. The largest absolute Gasteiger partial charge is 0.342 e. The summed E-state index contributed by atoms with van der Waals surface area (Å²) in [6.45, 7) is 3.70. The molecule has 0 unspecified atom stereocenters. The van der Waals surface area contributed by atoms with Crippen LogP contribution in [0.1, 0.15) is 0 Å². The number of rotatable bonds is 3. The zero-order valence-corrected chi connectivity index (χ0v) is 14.5. The third kappa shape index (κ3) is 3.03. The Labute approximate surface area is 145 Å². The average Bonchev–Trinajstić information content (AvgIpc) is 2.92. The van der Waals surface area contributed by atoms with Crippen molar-refractivity contribution in [2.75, 3.05) is 7.05 Å². The Morgan fingerprint density at radius 3 is 2.50 bits per heavy atom. The van der Waals surface area contributed by atoms with Crippen molar-refractivity contribution in [3.05, 3.63) is 66.6 Å². The number of hydrogen-bond donors (Lipinski definition) is 0. The Morgan fingerprint density at radius 2 is 1.79 bits per heavy atom. The SMILES string of the molecule is C=CSC(/N=N/c1c(-c2ccccc2)n(C)c2ccccc12)=N/C. The van der Waals surface area contributed by atoms with Gasteiger partial charge in [0, 0.05) is 25.0 Å². The fraction of sp³-hybridized carbons (Fsp3) is 0.105. The zero-order chi connectivity index (χ0) is 16.9. The Bertz CT molecular complexity index is 923. The van der Waals surface area contributed by atoms with Gasteiger partial charge in [0.15, 0.2) is 0 Å². The van der Waals surface area contributed by atoms with E-state index in [-0.39, 0.29) is 0 Å². The summed E-state index contributed by atoms with van der Waals surface area (Å²) in [6, 6.07) is 18.4. The van der Waals surface area contributed by atoms with Gasteiger partial charge in [-0.3, -0.25) is 4.99 Å². The smallest absolute Gasteiger partial charge is 0.208 e. The predicted octanol–water partition coefficient (Wildman–Crippen LogP) is 5.79. The van der Waals surface area contributed by atoms with E-state index >= 15 is 0 Å². The second-order valence-electron chi connectivity index (χ2n) is 5.13. The number of amidine groups is 1. The summed E-state index contributed by atoms with van der Waals surface area (Å²) < 4.78 is 2.16. The molecule has 0 spiro atoms. The molecule has 0 radical (unpaired) electrons. The molecule has 0 aliphatic carbocycles. The molecule has 120 valence electrons. The minimum atomic E-state index is 0.581. The topological polar surface area (TPSA) is 42.0 Å². The van der Waals surface area contributed by atoms with Crippen molar-refractivity contribution in [3.8, 4) is 11.3 Å². The highest BCUT2D eigenvalue weighted by atomic mass is 32.2. The van der Waals surface area contributed by atoms with E-state index in [4.69, 9.17) is 0 Å². The standard InChI is InChI=1S/C19H18N4S/c1-4-24-19(20-2)22-21-17-15-12-8-9-13-16(15)23(3)18(17)14-10-6-5-7-11-14/h4-13H,1H2,2-3H3/b20-19+,22-21+. The molecule has 1 aromatic heterocycles. The molecule has 0 fully saturated rings. The summed E-state index contributed by atoms with van der Waals surface area (Å²) in [5.41, 5.74) is 4.12. The highest BCUT2D eigenvalue weighted by Crippen LogP contribution is 2.39. The van der Waals surface area contributed by atoms with Crippen molar-refractivity contribution < 1.29 is 0 Å². The molecule has 0 aliphatic rings. The van der Waals surface area contributed by atoms with Crippen molar-refractivity contribution in [1.82, 2.24) is 4.57 Å². The van der Waals surface area contributed by atoms with Gasteiger partial charge in [-0.05, 0) is 11.5 Å². The number of nitrogens with zero attached hydrogens (tertiary/aromatic N) is 4. The number of hydrogen-bond acceptors (Lipinski definition) is 3. The van der Waals surface area contributed by atoms with Crippen molar-refractivity contribution in [3.63, 3.8) is 0 Å². The van der Waals surface area contributed by atoms with Crippen LogP contribution in [0.5, 0.6) is 0 Å². The van der Waals surface area contributed by atoms with Crippen molar-refractivity contribution in [2.24, 2.45) is 22.3 Å². The van der Waals surface area contributed by atoms with Gasteiger partial charge in [0.05, 0.1) is 11.2 Å². The van der Waals surface area contributed by atoms with Gasteiger partial charge in [-0.1, -0.05) is 66.9 Å². The second-order valence-corrected chi connectivity index (χ2v) is 6.06. The maximum absolute atomic E-state index is 4.53. The Balaban J connectivity index is 2.22. The van der Waals surface area contributed by atoms with Crippen LogP contribution in [0, 0.1) is 0 Å². The van der Waals surface area contributed by atoms with Gasteiger partial charge in [-0.15, -0.1) is 10.2 Å². The fourth-order valence-corrected chi connectivity index (χ4v) is 3.03. The monoisotopic (exact) mass is 334 g/mol. The van der Waals surface area contributed by atoms with E-state index in [1.165, 1.54) is 11.8 Å². The Hall–Kier alpha value is -2.66. The lowest BCUT2D eigenvalue weighted by atomic mass is 10.1. The molecule has 3 aromatic rings. The normalized spacial score (nSPS) is 12.2. The summed E-state index contributed by atoms with van der Waals surface area (Å²) in [5, 5.41) is 12.2. The van der Waals surface area contributed by atoms with Gasteiger partial charge in [0.2, 0.25) is 5.17 Å². The molecule has 1 heterocycles. The average molecular weight is 334 g/mol. The first-order valence-corrected chi connectivity index (χ1v) is 8.43. The van der Waals surface area contributed by atoms with Crippen LogP contribution in [-0.2, 0) is 7.05 Å². The van der Waals surface area contributed by atoms with Crippen molar-refractivity contribution >= 4 is 33.5 Å². The van der Waals surface area contributed by atoms with E-state index < -0.39 is 0 Å². The molecule has 0 bridgehead atoms. The van der Waals surface area contributed by atoms with Gasteiger partial charge in [-0.2, -0.15) is 0 Å². The number of aryl methyl sites for hydroxylation is 1. The molecule has 0 saturated heterocycles. The Kier molecular flexibility index (Phi) is 4.91. The second kappa shape index (κ2) is 7.27. The number of azo groups is 1. The highest BCUT2D eigenvalue weighted by molar-refractivity contribution is 8.16. The summed E-state index contributed by atoms with van der Waals surface area (Å²) in [5.74, 6) is 0. The number of thioether (sulfide) groups is 1. The number of para-hydroxylation sites is 1. The van der Waals surface area contributed by atoms with Crippen LogP contribution in [0.2, 0.25) is 0 Å². The van der Waals surface area contributed by atoms with Crippen LogP contribution >= 0.6 is 11.8 Å². The third-order valence-corrected chi connectivity index (χ3v) is 4.38. The lowest BCUT2D eigenvalue weighted by Gasteiger charge is -2.05. The first kappa shape index (κ1) is 16.2. The molecule has 0 saturated carbocycles. The van der Waals surface area contributed by atoms with Gasteiger partial charge in [0.25, 0.3) is 0 Å². The summed E-state index contributed by atoms with van der Waals surface area (Å²) in [4.78, 5) is 4.12. The first-order chi connectivity index (χ1) is 11.8. The van der Waals surface area contributed by atoms with E-state index in [1.807, 2.05) is 30.3 Å². The summed E-state index contributed by atoms with van der Waals surface area (Å²) in [6.07, 6.45) is 0. The number of aromatic nitrogens is 1. The van der Waals surface area contributed by atoms with Gasteiger partial charge >= 0.3 is 0 Å². The molecule has 0 aliphatic heterocycles. The third-order valence-electron chi connectivity index (χ3n) is 3.74. The van der Waals surface area contributed by atoms with Gasteiger partial charge in [0.1, 0.15) is 5.69 Å². The van der Waals surface area contributed by atoms with E-state index in [9.17, 15) is 0 Å². The maximum Gasteiger partial charge on any atom is 0.208 e. The minimum Gasteiger partial charge on any atom is -0.342 e. The summed E-state index contributed by atoms with van der Waals surface area (Å²) in [7, 11) is 3.75. The molecular formula is C19H18N4S. The fourth-order valence-electron chi connectivity index (χ4n) is 2.69. The lowest BCUT2D eigenvalue weighted by molar-refractivity contribution is 0.976. The zero-order valence-electron chi connectivity index (χ0n) is 13.7. The minimum absolute atomic E-state index is 0.581.